The van der Waals surface area contributed by atoms with Crippen LogP contribution in [0.1, 0.15) is 13.3 Å². The number of carbonyl (C=O) groups is 1. The van der Waals surface area contributed by atoms with Crippen LogP contribution in [0.2, 0.25) is 0 Å². The summed E-state index contributed by atoms with van der Waals surface area (Å²) in [5.41, 5.74) is 0. The molecule has 4 heteroatoms. The molecule has 0 heterocycles. The SMILES string of the molecule is CC(=O)OC1CC1(F)F. The Bertz CT molecular complexity index is 144. The second kappa shape index (κ2) is 1.65. The van der Waals surface area contributed by atoms with Gasteiger partial charge in [-0.3, -0.25) is 4.79 Å². The van der Waals surface area contributed by atoms with E-state index < -0.39 is 18.0 Å². The van der Waals surface area contributed by atoms with Gasteiger partial charge in [-0.1, -0.05) is 0 Å². The largest absolute Gasteiger partial charge is 0.456 e. The molecule has 0 aromatic carbocycles. The van der Waals surface area contributed by atoms with E-state index in [0.717, 1.165) is 6.92 Å². The van der Waals surface area contributed by atoms with E-state index in [1.54, 1.807) is 0 Å². The molecule has 0 N–H and O–H groups in total. The molecule has 0 bridgehead atoms. The van der Waals surface area contributed by atoms with Crippen molar-refractivity contribution in [2.24, 2.45) is 0 Å². The third-order valence-electron chi connectivity index (χ3n) is 1.08. The first-order valence-electron chi connectivity index (χ1n) is 2.57. The van der Waals surface area contributed by atoms with Crippen molar-refractivity contribution >= 4 is 5.97 Å². The van der Waals surface area contributed by atoms with Crippen molar-refractivity contribution in [1.29, 1.82) is 0 Å². The maximum atomic E-state index is 11.9. The van der Waals surface area contributed by atoms with Gasteiger partial charge in [-0.05, 0) is 0 Å². The summed E-state index contributed by atoms with van der Waals surface area (Å²) in [6.45, 7) is 1.12. The highest BCUT2D eigenvalue weighted by molar-refractivity contribution is 5.66. The van der Waals surface area contributed by atoms with Crippen molar-refractivity contribution in [3.8, 4) is 0 Å². The summed E-state index contributed by atoms with van der Waals surface area (Å²) in [6, 6.07) is 0. The van der Waals surface area contributed by atoms with Crippen molar-refractivity contribution < 1.29 is 18.3 Å². The van der Waals surface area contributed by atoms with Gasteiger partial charge in [0.25, 0.3) is 5.92 Å². The Kier molecular flexibility index (Phi) is 1.18. The molecule has 0 saturated heterocycles. The van der Waals surface area contributed by atoms with E-state index in [9.17, 15) is 13.6 Å². The zero-order chi connectivity index (χ0) is 7.07. The van der Waals surface area contributed by atoms with Crippen LogP contribution in [0.3, 0.4) is 0 Å². The summed E-state index contributed by atoms with van der Waals surface area (Å²) < 4.78 is 27.9. The lowest BCUT2D eigenvalue weighted by atomic mass is 10.7. The predicted molar refractivity (Wildman–Crippen MR) is 25.1 cm³/mol. The van der Waals surface area contributed by atoms with Crippen LogP contribution in [-0.4, -0.2) is 18.0 Å². The van der Waals surface area contributed by atoms with E-state index in [1.807, 2.05) is 0 Å². The number of hydrogen-bond donors (Lipinski definition) is 0. The Hall–Kier alpha value is -0.670. The second-order valence-corrected chi connectivity index (χ2v) is 2.06. The molecule has 1 aliphatic rings. The number of esters is 1. The van der Waals surface area contributed by atoms with Gasteiger partial charge in [-0.25, -0.2) is 8.78 Å². The summed E-state index contributed by atoms with van der Waals surface area (Å²) in [4.78, 5) is 10.0. The minimum Gasteiger partial charge on any atom is -0.456 e. The zero-order valence-corrected chi connectivity index (χ0v) is 4.86. The normalized spacial score (nSPS) is 29.4. The second-order valence-electron chi connectivity index (χ2n) is 2.06. The van der Waals surface area contributed by atoms with Crippen LogP contribution in [0.4, 0.5) is 8.78 Å². The molecule has 2 nitrogen and oxygen atoms in total. The average Bonchev–Trinajstić information content (AvgIpc) is 2.10. The van der Waals surface area contributed by atoms with Gasteiger partial charge in [0, 0.05) is 6.92 Å². The molecule has 0 aromatic heterocycles. The number of hydrogen-bond acceptors (Lipinski definition) is 2. The van der Waals surface area contributed by atoms with E-state index in [2.05, 4.69) is 4.74 Å². The molecule has 0 amide bonds. The van der Waals surface area contributed by atoms with Gasteiger partial charge in [-0.2, -0.15) is 0 Å². The van der Waals surface area contributed by atoms with Crippen LogP contribution >= 0.6 is 0 Å². The van der Waals surface area contributed by atoms with Crippen LogP contribution in [0.5, 0.6) is 0 Å². The highest BCUT2D eigenvalue weighted by Gasteiger charge is 2.60. The van der Waals surface area contributed by atoms with Crippen LogP contribution in [0.25, 0.3) is 0 Å². The number of ether oxygens (including phenoxy) is 1. The first-order chi connectivity index (χ1) is 4.02. The Balaban J connectivity index is 2.28. The van der Waals surface area contributed by atoms with Gasteiger partial charge >= 0.3 is 5.97 Å². The highest BCUT2D eigenvalue weighted by Crippen LogP contribution is 2.44. The zero-order valence-electron chi connectivity index (χ0n) is 4.86. The molecule has 1 saturated carbocycles. The topological polar surface area (TPSA) is 26.3 Å². The molecule has 0 radical (unpaired) electrons. The molecule has 1 unspecified atom stereocenters. The van der Waals surface area contributed by atoms with Crippen LogP contribution in [-0.2, 0) is 9.53 Å². The summed E-state index contributed by atoms with van der Waals surface area (Å²) >= 11 is 0. The fourth-order valence-electron chi connectivity index (χ4n) is 0.516. The molecule has 1 atom stereocenters. The minimum absolute atomic E-state index is 0.313. The summed E-state index contributed by atoms with van der Waals surface area (Å²) in [5.74, 6) is -3.39. The van der Waals surface area contributed by atoms with Crippen molar-refractivity contribution in [3.63, 3.8) is 0 Å². The molecular formula is C5H6F2O2. The van der Waals surface area contributed by atoms with Gasteiger partial charge in [0.2, 0.25) is 0 Å². The van der Waals surface area contributed by atoms with E-state index in [-0.39, 0.29) is 6.42 Å². The number of halogens is 2. The predicted octanol–water partition coefficient (Wildman–Crippen LogP) is 0.957. The smallest absolute Gasteiger partial charge is 0.303 e. The maximum absolute atomic E-state index is 11.9. The summed E-state index contributed by atoms with van der Waals surface area (Å²) in [7, 11) is 0. The monoisotopic (exact) mass is 136 g/mol. The number of alkyl halides is 2. The van der Waals surface area contributed by atoms with Gasteiger partial charge < -0.3 is 4.74 Å². The molecule has 52 valence electrons. The number of carbonyl (C=O) groups excluding carboxylic acids is 1. The molecule has 1 rings (SSSR count). The minimum atomic E-state index is -2.74. The Labute approximate surface area is 50.8 Å². The summed E-state index contributed by atoms with van der Waals surface area (Å²) in [6.07, 6.45) is -1.46. The third kappa shape index (κ3) is 1.37. The van der Waals surface area contributed by atoms with E-state index in [4.69, 9.17) is 0 Å². The van der Waals surface area contributed by atoms with Crippen LogP contribution in [0.15, 0.2) is 0 Å². The Morgan fingerprint density at radius 1 is 1.78 bits per heavy atom. The maximum Gasteiger partial charge on any atom is 0.303 e. The van der Waals surface area contributed by atoms with Crippen LogP contribution in [0, 0.1) is 0 Å². The molecule has 0 aliphatic heterocycles. The van der Waals surface area contributed by atoms with Gasteiger partial charge in [-0.15, -0.1) is 0 Å². The fourth-order valence-corrected chi connectivity index (χ4v) is 0.516. The highest BCUT2D eigenvalue weighted by atomic mass is 19.3. The van der Waals surface area contributed by atoms with E-state index in [1.165, 1.54) is 0 Å². The molecule has 0 spiro atoms. The standard InChI is InChI=1S/C5H6F2O2/c1-3(8)9-4-2-5(4,6)7/h4H,2H2,1H3. The Morgan fingerprint density at radius 2 is 2.22 bits per heavy atom. The first kappa shape index (κ1) is 6.45. The Morgan fingerprint density at radius 3 is 2.33 bits per heavy atom. The average molecular weight is 136 g/mol. The van der Waals surface area contributed by atoms with Crippen molar-refractivity contribution in [3.05, 3.63) is 0 Å². The van der Waals surface area contributed by atoms with Gasteiger partial charge in [0.15, 0.2) is 6.10 Å². The van der Waals surface area contributed by atoms with Crippen molar-refractivity contribution in [1.82, 2.24) is 0 Å². The van der Waals surface area contributed by atoms with Gasteiger partial charge in [0.1, 0.15) is 0 Å². The van der Waals surface area contributed by atoms with E-state index >= 15 is 0 Å². The molecule has 0 aromatic rings. The molecule has 1 fully saturated rings. The van der Waals surface area contributed by atoms with E-state index in [0.29, 0.717) is 0 Å². The molecular weight excluding hydrogens is 130 g/mol. The summed E-state index contributed by atoms with van der Waals surface area (Å²) in [5, 5.41) is 0. The quantitative estimate of drug-likeness (QED) is 0.502. The van der Waals surface area contributed by atoms with Crippen molar-refractivity contribution in [2.45, 2.75) is 25.4 Å². The fraction of sp³-hybridized carbons (Fsp3) is 0.800. The third-order valence-corrected chi connectivity index (χ3v) is 1.08. The lowest BCUT2D eigenvalue weighted by Gasteiger charge is -1.96. The molecule has 1 aliphatic carbocycles. The molecule has 9 heavy (non-hydrogen) atoms. The van der Waals surface area contributed by atoms with Crippen LogP contribution < -0.4 is 0 Å². The van der Waals surface area contributed by atoms with Crippen molar-refractivity contribution in [2.75, 3.05) is 0 Å². The first-order valence-corrected chi connectivity index (χ1v) is 2.57. The lowest BCUT2D eigenvalue weighted by molar-refractivity contribution is -0.145. The van der Waals surface area contributed by atoms with Gasteiger partial charge in [0.05, 0.1) is 6.42 Å². The lowest BCUT2D eigenvalue weighted by Crippen LogP contribution is -2.07. The number of rotatable bonds is 1.